The highest BCUT2D eigenvalue weighted by Crippen LogP contribution is 2.66. The molecule has 0 aliphatic carbocycles. The van der Waals surface area contributed by atoms with Gasteiger partial charge in [0.1, 0.15) is 30.5 Å². The molecule has 0 unspecified atom stereocenters. The van der Waals surface area contributed by atoms with Crippen LogP contribution < -0.4 is 0 Å². The van der Waals surface area contributed by atoms with E-state index in [1.54, 1.807) is 0 Å². The Bertz CT molecular complexity index is 1780. The normalized spacial score (nSPS) is 23.8. The molecule has 7 nitrogen and oxygen atoms in total. The molecule has 3 aliphatic heterocycles. The van der Waals surface area contributed by atoms with Crippen LogP contribution in [0.1, 0.15) is 61.6 Å². The van der Waals surface area contributed by atoms with Gasteiger partial charge in [-0.3, -0.25) is 13.6 Å². The van der Waals surface area contributed by atoms with Crippen molar-refractivity contribution in [2.45, 2.75) is 68.5 Å². The van der Waals surface area contributed by atoms with Crippen LogP contribution in [0.2, 0.25) is 0 Å². The molecule has 0 amide bonds. The monoisotopic (exact) mass is 699 g/mol. The zero-order valence-electron chi connectivity index (χ0n) is 29.2. The van der Waals surface area contributed by atoms with E-state index >= 15 is 0 Å². The van der Waals surface area contributed by atoms with E-state index in [1.165, 1.54) is 0 Å². The standard InChI is InChI=1S/C43H42NO6P/c1-40(2,39-44-36(30-45-39)31-20-10-5-11-21-31)48-51-49-42(32-22-12-6-13-23-32,33-24-14-7-15-25-33)37-38(47-41(3,4)46-37)43(50-51,34-26-16-8-17-27-34)35-28-18-9-19-29-35/h5-29,36-38H,30H2,1-4H3/t36-,37+,38+/m0/s1. The van der Waals surface area contributed by atoms with E-state index in [4.69, 9.17) is 32.8 Å². The van der Waals surface area contributed by atoms with Crippen LogP contribution in [-0.4, -0.2) is 36.1 Å². The summed E-state index contributed by atoms with van der Waals surface area (Å²) in [4.78, 5) is 5.02. The first-order valence-electron chi connectivity index (χ1n) is 17.4. The number of fused-ring (bicyclic) bond motifs is 1. The van der Waals surface area contributed by atoms with Gasteiger partial charge in [-0.15, -0.1) is 0 Å². The van der Waals surface area contributed by atoms with Gasteiger partial charge in [0.05, 0.1) is 0 Å². The molecule has 3 heterocycles. The lowest BCUT2D eigenvalue weighted by Crippen LogP contribution is -2.53. The lowest BCUT2D eigenvalue weighted by molar-refractivity contribution is -0.177. The van der Waals surface area contributed by atoms with Crippen molar-refractivity contribution >= 4 is 14.5 Å². The Morgan fingerprint density at radius 1 is 0.588 bits per heavy atom. The van der Waals surface area contributed by atoms with Crippen LogP contribution in [0.4, 0.5) is 0 Å². The Hall–Kier alpha value is -4.20. The molecule has 5 aromatic rings. The smallest absolute Gasteiger partial charge is 0.336 e. The molecule has 8 heteroatoms. The van der Waals surface area contributed by atoms with Crippen LogP contribution >= 0.6 is 8.60 Å². The quantitative estimate of drug-likeness (QED) is 0.150. The van der Waals surface area contributed by atoms with Crippen molar-refractivity contribution in [3.8, 4) is 0 Å². The summed E-state index contributed by atoms with van der Waals surface area (Å²) in [5, 5.41) is 0. The average Bonchev–Trinajstić information content (AvgIpc) is 3.78. The molecule has 2 saturated heterocycles. The molecule has 2 fully saturated rings. The summed E-state index contributed by atoms with van der Waals surface area (Å²) in [5.41, 5.74) is 1.16. The maximum atomic E-state index is 7.49. The van der Waals surface area contributed by atoms with E-state index in [1.807, 2.05) is 119 Å². The van der Waals surface area contributed by atoms with Crippen molar-refractivity contribution in [3.63, 3.8) is 0 Å². The number of hydrogen-bond acceptors (Lipinski definition) is 7. The molecule has 0 radical (unpaired) electrons. The Kier molecular flexibility index (Phi) is 8.92. The summed E-state index contributed by atoms with van der Waals surface area (Å²) >= 11 is 0. The number of ether oxygens (including phenoxy) is 3. The molecule has 0 spiro atoms. The second-order valence-electron chi connectivity index (χ2n) is 14.1. The highest BCUT2D eigenvalue weighted by molar-refractivity contribution is 7.41. The highest BCUT2D eigenvalue weighted by Gasteiger charge is 2.67. The molecule has 8 rings (SSSR count). The predicted molar refractivity (Wildman–Crippen MR) is 198 cm³/mol. The lowest BCUT2D eigenvalue weighted by Gasteiger charge is -2.41. The van der Waals surface area contributed by atoms with Gasteiger partial charge in [-0.25, -0.2) is 4.99 Å². The lowest BCUT2D eigenvalue weighted by atomic mass is 9.72. The maximum Gasteiger partial charge on any atom is 0.336 e. The first-order chi connectivity index (χ1) is 24.7. The largest absolute Gasteiger partial charge is 0.476 e. The minimum atomic E-state index is -2.22. The van der Waals surface area contributed by atoms with Crippen LogP contribution in [0, 0.1) is 0 Å². The van der Waals surface area contributed by atoms with E-state index in [-0.39, 0.29) is 6.04 Å². The van der Waals surface area contributed by atoms with Gasteiger partial charge in [0.2, 0.25) is 5.90 Å². The van der Waals surface area contributed by atoms with Gasteiger partial charge in [0.15, 0.2) is 17.0 Å². The second kappa shape index (κ2) is 13.4. The van der Waals surface area contributed by atoms with Crippen molar-refractivity contribution in [2.75, 3.05) is 6.61 Å². The van der Waals surface area contributed by atoms with Crippen LogP contribution in [0.25, 0.3) is 0 Å². The van der Waals surface area contributed by atoms with E-state index in [9.17, 15) is 0 Å². The molecule has 260 valence electrons. The summed E-state index contributed by atoms with van der Waals surface area (Å²) in [6.07, 6.45) is -1.39. The van der Waals surface area contributed by atoms with Gasteiger partial charge in [0, 0.05) is 0 Å². The van der Waals surface area contributed by atoms with Gasteiger partial charge < -0.3 is 14.2 Å². The fraction of sp³-hybridized carbons (Fsp3) is 0.279. The Balaban J connectivity index is 1.35. The van der Waals surface area contributed by atoms with Crippen molar-refractivity contribution in [2.24, 2.45) is 4.99 Å². The summed E-state index contributed by atoms with van der Waals surface area (Å²) in [6.45, 7) is 8.22. The van der Waals surface area contributed by atoms with Gasteiger partial charge in [0.25, 0.3) is 0 Å². The third-order valence-electron chi connectivity index (χ3n) is 9.80. The van der Waals surface area contributed by atoms with E-state index in [0.717, 1.165) is 27.8 Å². The molecule has 51 heavy (non-hydrogen) atoms. The van der Waals surface area contributed by atoms with Gasteiger partial charge in [-0.2, -0.15) is 0 Å². The van der Waals surface area contributed by atoms with Gasteiger partial charge in [-0.1, -0.05) is 152 Å². The first-order valence-corrected chi connectivity index (χ1v) is 18.5. The summed E-state index contributed by atoms with van der Waals surface area (Å²) in [5.74, 6) is -0.496. The van der Waals surface area contributed by atoms with Crippen molar-refractivity contribution in [1.82, 2.24) is 0 Å². The topological polar surface area (TPSA) is 67.7 Å². The number of benzene rings is 5. The zero-order chi connectivity index (χ0) is 35.1. The average molecular weight is 700 g/mol. The minimum absolute atomic E-state index is 0.142. The molecular weight excluding hydrogens is 657 g/mol. The van der Waals surface area contributed by atoms with E-state index in [2.05, 4.69) is 60.7 Å². The maximum absolute atomic E-state index is 7.49. The zero-order valence-corrected chi connectivity index (χ0v) is 30.1. The van der Waals surface area contributed by atoms with Crippen molar-refractivity contribution in [1.29, 1.82) is 0 Å². The van der Waals surface area contributed by atoms with Crippen LogP contribution in [0.5, 0.6) is 0 Å². The Morgan fingerprint density at radius 3 is 1.35 bits per heavy atom. The van der Waals surface area contributed by atoms with E-state index < -0.39 is 43.4 Å². The molecular formula is C43H42NO6P. The number of aliphatic imine (C=N–C) groups is 1. The van der Waals surface area contributed by atoms with Crippen LogP contribution in [0.15, 0.2) is 157 Å². The van der Waals surface area contributed by atoms with Gasteiger partial charge in [-0.05, 0) is 55.5 Å². The molecule has 3 aliphatic rings. The third-order valence-corrected chi connectivity index (χ3v) is 11.3. The Morgan fingerprint density at radius 2 is 0.961 bits per heavy atom. The predicted octanol–water partition coefficient (Wildman–Crippen LogP) is 9.63. The summed E-state index contributed by atoms with van der Waals surface area (Å²) < 4.78 is 42.5. The molecule has 0 aromatic heterocycles. The first kappa shape index (κ1) is 33.9. The number of nitrogens with zero attached hydrogens (tertiary/aromatic N) is 1. The number of hydrogen-bond donors (Lipinski definition) is 0. The fourth-order valence-electron chi connectivity index (χ4n) is 7.47. The molecule has 0 saturated carbocycles. The second-order valence-corrected chi connectivity index (χ2v) is 15.1. The van der Waals surface area contributed by atoms with Gasteiger partial charge >= 0.3 is 8.60 Å². The highest BCUT2D eigenvalue weighted by atomic mass is 31.2. The minimum Gasteiger partial charge on any atom is -0.476 e. The van der Waals surface area contributed by atoms with Crippen molar-refractivity contribution < 1.29 is 27.8 Å². The van der Waals surface area contributed by atoms with Crippen LogP contribution in [-0.2, 0) is 39.0 Å². The third kappa shape index (κ3) is 6.12. The molecule has 5 aromatic carbocycles. The fourth-order valence-corrected chi connectivity index (χ4v) is 9.13. The van der Waals surface area contributed by atoms with Crippen molar-refractivity contribution in [3.05, 3.63) is 179 Å². The molecule has 3 atom stereocenters. The number of rotatable bonds is 8. The van der Waals surface area contributed by atoms with E-state index in [0.29, 0.717) is 12.5 Å². The summed E-state index contributed by atoms with van der Waals surface area (Å²) in [6, 6.07) is 50.8. The SMILES string of the molecule is CC1(C)O[C@@H]2[C@@H](O1)C(c1ccccc1)(c1ccccc1)OP(OC(C)(C)C1=N[C@H](c3ccccc3)CO1)OC2(c1ccccc1)c1ccccc1. The molecule has 0 bridgehead atoms. The summed E-state index contributed by atoms with van der Waals surface area (Å²) in [7, 11) is -2.22. The van der Waals surface area contributed by atoms with Crippen LogP contribution in [0.3, 0.4) is 0 Å². The molecule has 0 N–H and O–H groups in total. The Labute approximate surface area is 301 Å².